The summed E-state index contributed by atoms with van der Waals surface area (Å²) in [5.41, 5.74) is 4.34. The molecule has 1 aliphatic heterocycles. The summed E-state index contributed by atoms with van der Waals surface area (Å²) in [6.45, 7) is 3.20. The summed E-state index contributed by atoms with van der Waals surface area (Å²) in [7, 11) is 0. The van der Waals surface area contributed by atoms with Crippen molar-refractivity contribution < 1.29 is 9.59 Å². The van der Waals surface area contributed by atoms with Gasteiger partial charge in [-0.05, 0) is 49.7 Å². The molecule has 2 N–H and O–H groups in total. The van der Waals surface area contributed by atoms with Gasteiger partial charge in [-0.15, -0.1) is 0 Å². The van der Waals surface area contributed by atoms with E-state index in [2.05, 4.69) is 35.0 Å². The molecule has 11 heteroatoms. The number of anilines is 2. The molecule has 2 aliphatic rings. The minimum Gasteiger partial charge on any atom is -0.324 e. The van der Waals surface area contributed by atoms with Gasteiger partial charge in [0.2, 0.25) is 5.91 Å². The Balaban J connectivity index is 1.15. The summed E-state index contributed by atoms with van der Waals surface area (Å²) in [6, 6.07) is 2.27. The van der Waals surface area contributed by atoms with Crippen LogP contribution in [0.15, 0.2) is 42.4 Å². The molecule has 178 valence electrons. The third-order valence-corrected chi connectivity index (χ3v) is 7.45. The SMILES string of the molecule is Cc1ncc(NC(=O)CN2CC3CCC2C3)cc1NC(=O)c1cnn2cc(-c3cnsc3)ncc12. The first kappa shape index (κ1) is 21.8. The topological polar surface area (TPSA) is 117 Å². The maximum absolute atomic E-state index is 13.1. The number of amides is 2. The summed E-state index contributed by atoms with van der Waals surface area (Å²) < 4.78 is 5.73. The van der Waals surface area contributed by atoms with Crippen molar-refractivity contribution in [1.82, 2.24) is 28.9 Å². The fourth-order valence-corrected chi connectivity index (χ4v) is 5.59. The first-order chi connectivity index (χ1) is 17.0. The molecular formula is C24H24N8O2S. The van der Waals surface area contributed by atoms with E-state index < -0.39 is 0 Å². The number of rotatable bonds is 6. The molecule has 0 radical (unpaired) electrons. The van der Waals surface area contributed by atoms with Crippen LogP contribution in [0.25, 0.3) is 16.8 Å². The van der Waals surface area contributed by atoms with Crippen molar-refractivity contribution in [2.45, 2.75) is 32.2 Å². The Kier molecular flexibility index (Phi) is 5.50. The molecule has 4 aromatic heterocycles. The quantitative estimate of drug-likeness (QED) is 0.428. The van der Waals surface area contributed by atoms with E-state index in [1.807, 2.05) is 5.38 Å². The van der Waals surface area contributed by atoms with Gasteiger partial charge in [0.1, 0.15) is 0 Å². The van der Waals surface area contributed by atoms with Crippen molar-refractivity contribution in [3.05, 3.63) is 53.7 Å². The molecule has 2 unspecified atom stereocenters. The number of hydrogen-bond donors (Lipinski definition) is 2. The third-order valence-electron chi connectivity index (χ3n) is 6.87. The minimum absolute atomic E-state index is 0.0641. The maximum atomic E-state index is 13.1. The van der Waals surface area contributed by atoms with E-state index in [0.29, 0.717) is 40.7 Å². The van der Waals surface area contributed by atoms with Crippen molar-refractivity contribution >= 4 is 40.2 Å². The predicted molar refractivity (Wildman–Crippen MR) is 132 cm³/mol. The van der Waals surface area contributed by atoms with Crippen molar-refractivity contribution in [3.63, 3.8) is 0 Å². The molecule has 4 aromatic rings. The highest BCUT2D eigenvalue weighted by Gasteiger charge is 2.38. The van der Waals surface area contributed by atoms with E-state index in [9.17, 15) is 9.59 Å². The second-order valence-electron chi connectivity index (χ2n) is 9.20. The van der Waals surface area contributed by atoms with E-state index in [1.165, 1.54) is 37.0 Å². The largest absolute Gasteiger partial charge is 0.324 e. The van der Waals surface area contributed by atoms with Gasteiger partial charge in [-0.3, -0.25) is 24.5 Å². The number of aryl methyl sites for hydroxylation is 1. The molecule has 2 amide bonds. The monoisotopic (exact) mass is 488 g/mol. The zero-order chi connectivity index (χ0) is 23.9. The smallest absolute Gasteiger partial charge is 0.259 e. The fourth-order valence-electron chi connectivity index (χ4n) is 5.06. The number of carbonyl (C=O) groups excluding carboxylic acids is 2. The summed E-state index contributed by atoms with van der Waals surface area (Å²) in [5, 5.41) is 12.1. The van der Waals surface area contributed by atoms with Gasteiger partial charge in [0.15, 0.2) is 0 Å². The van der Waals surface area contributed by atoms with Crippen LogP contribution in [0.3, 0.4) is 0 Å². The van der Waals surface area contributed by atoms with Crippen molar-refractivity contribution in [2.24, 2.45) is 5.92 Å². The van der Waals surface area contributed by atoms with Gasteiger partial charge >= 0.3 is 0 Å². The molecule has 1 saturated heterocycles. The van der Waals surface area contributed by atoms with Crippen LogP contribution in [-0.2, 0) is 4.79 Å². The predicted octanol–water partition coefficient (Wildman–Crippen LogP) is 3.23. The van der Waals surface area contributed by atoms with E-state index in [4.69, 9.17) is 0 Å². The Labute approximate surface area is 205 Å². The average molecular weight is 489 g/mol. The van der Waals surface area contributed by atoms with Gasteiger partial charge in [-0.1, -0.05) is 0 Å². The second kappa shape index (κ2) is 8.82. The number of hydrogen-bond acceptors (Lipinski definition) is 8. The highest BCUT2D eigenvalue weighted by atomic mass is 32.1. The molecule has 0 aromatic carbocycles. The van der Waals surface area contributed by atoms with Crippen LogP contribution in [0, 0.1) is 12.8 Å². The summed E-state index contributed by atoms with van der Waals surface area (Å²) in [6.07, 6.45) is 11.9. The summed E-state index contributed by atoms with van der Waals surface area (Å²) in [5.74, 6) is 0.351. The molecule has 0 spiro atoms. The Morgan fingerprint density at radius 2 is 2.06 bits per heavy atom. The van der Waals surface area contributed by atoms with Crippen LogP contribution in [0.5, 0.6) is 0 Å². The third kappa shape index (κ3) is 4.28. The normalized spacial score (nSPS) is 19.3. The van der Waals surface area contributed by atoms with E-state index in [1.54, 1.807) is 42.3 Å². The number of nitrogens with one attached hydrogen (secondary N) is 2. The highest BCUT2D eigenvalue weighted by Crippen LogP contribution is 2.37. The van der Waals surface area contributed by atoms with Gasteiger partial charge in [-0.25, -0.2) is 8.89 Å². The zero-order valence-electron chi connectivity index (χ0n) is 19.1. The van der Waals surface area contributed by atoms with Crippen LogP contribution < -0.4 is 10.6 Å². The summed E-state index contributed by atoms with van der Waals surface area (Å²) >= 11 is 1.35. The summed E-state index contributed by atoms with van der Waals surface area (Å²) in [4.78, 5) is 36.8. The van der Waals surface area contributed by atoms with Gasteiger partial charge in [-0.2, -0.15) is 5.10 Å². The first-order valence-electron chi connectivity index (χ1n) is 11.6. The minimum atomic E-state index is -0.326. The van der Waals surface area contributed by atoms with Crippen LogP contribution in [0.1, 0.15) is 35.3 Å². The Hall–Kier alpha value is -3.70. The van der Waals surface area contributed by atoms with Gasteiger partial charge in [0, 0.05) is 23.5 Å². The molecule has 2 bridgehead atoms. The number of pyridine rings is 1. The van der Waals surface area contributed by atoms with E-state index >= 15 is 0 Å². The maximum Gasteiger partial charge on any atom is 0.259 e. The Morgan fingerprint density at radius 1 is 1.14 bits per heavy atom. The standard InChI is InChI=1S/C24H24N8O2S/c1-14-20(5-17(7-25-14)29-23(33)12-31-10-15-2-3-18(31)4-15)30-24(34)19-8-27-32-11-21(26-9-22(19)32)16-6-28-35-13-16/h5-9,11,13,15,18H,2-4,10,12H2,1H3,(H,29,33)(H,30,34). The molecule has 2 fully saturated rings. The van der Waals surface area contributed by atoms with Crippen molar-refractivity contribution in [2.75, 3.05) is 23.7 Å². The first-order valence-corrected chi connectivity index (χ1v) is 12.4. The molecule has 6 rings (SSSR count). The number of nitrogens with zero attached hydrogens (tertiary/aromatic N) is 6. The average Bonchev–Trinajstić information content (AvgIpc) is 3.65. The molecule has 2 atom stereocenters. The number of piperidine rings is 1. The lowest BCUT2D eigenvalue weighted by atomic mass is 10.1. The molecule has 10 nitrogen and oxygen atoms in total. The van der Waals surface area contributed by atoms with Crippen molar-refractivity contribution in [1.29, 1.82) is 0 Å². The van der Waals surface area contributed by atoms with Gasteiger partial charge in [0.05, 0.1) is 71.4 Å². The fraction of sp³-hybridized carbons (Fsp3) is 0.333. The Morgan fingerprint density at radius 3 is 2.83 bits per heavy atom. The molecular weight excluding hydrogens is 464 g/mol. The number of aromatic nitrogens is 5. The van der Waals surface area contributed by atoms with Crippen LogP contribution in [0.2, 0.25) is 0 Å². The number of likely N-dealkylation sites (tertiary alicyclic amines) is 1. The Bertz CT molecular complexity index is 1420. The molecule has 5 heterocycles. The molecule has 1 saturated carbocycles. The lowest BCUT2D eigenvalue weighted by molar-refractivity contribution is -0.117. The van der Waals surface area contributed by atoms with E-state index in [-0.39, 0.29) is 11.8 Å². The van der Waals surface area contributed by atoms with Crippen LogP contribution >= 0.6 is 11.5 Å². The van der Waals surface area contributed by atoms with Gasteiger partial charge < -0.3 is 10.6 Å². The van der Waals surface area contributed by atoms with E-state index in [0.717, 1.165) is 23.7 Å². The van der Waals surface area contributed by atoms with Crippen LogP contribution in [0.4, 0.5) is 11.4 Å². The molecule has 1 aliphatic carbocycles. The lowest BCUT2D eigenvalue weighted by Gasteiger charge is -2.25. The number of carbonyl (C=O) groups is 2. The van der Waals surface area contributed by atoms with Crippen molar-refractivity contribution in [3.8, 4) is 11.3 Å². The second-order valence-corrected chi connectivity index (χ2v) is 9.85. The lowest BCUT2D eigenvalue weighted by Crippen LogP contribution is -2.38. The molecule has 35 heavy (non-hydrogen) atoms. The van der Waals surface area contributed by atoms with Crippen LogP contribution in [-0.4, -0.2) is 59.8 Å². The zero-order valence-corrected chi connectivity index (χ0v) is 20.0. The number of fused-ring (bicyclic) bond motifs is 3. The highest BCUT2D eigenvalue weighted by molar-refractivity contribution is 7.03. The van der Waals surface area contributed by atoms with Gasteiger partial charge in [0.25, 0.3) is 5.91 Å².